The Hall–Kier alpha value is -1.60. The number of amides is 2. The zero-order valence-corrected chi connectivity index (χ0v) is 18.8. The van der Waals surface area contributed by atoms with Crippen molar-refractivity contribution in [3.63, 3.8) is 0 Å². The minimum atomic E-state index is -0.337. The molecule has 2 amide bonds. The van der Waals surface area contributed by atoms with E-state index < -0.39 is 0 Å². The number of hydrogen-bond acceptors (Lipinski definition) is 4. The monoisotopic (exact) mass is 435 g/mol. The van der Waals surface area contributed by atoms with Crippen LogP contribution < -0.4 is 5.32 Å². The van der Waals surface area contributed by atoms with Crippen LogP contribution in [0.25, 0.3) is 0 Å². The molecule has 1 unspecified atom stereocenters. The first-order chi connectivity index (χ1) is 14.5. The number of halogens is 1. The summed E-state index contributed by atoms with van der Waals surface area (Å²) < 4.78 is 13.0. The molecule has 2 aliphatic rings. The van der Waals surface area contributed by atoms with Gasteiger partial charge in [0, 0.05) is 31.9 Å². The van der Waals surface area contributed by atoms with Crippen molar-refractivity contribution < 1.29 is 14.0 Å². The minimum absolute atomic E-state index is 0.120. The average Bonchev–Trinajstić information content (AvgIpc) is 2.99. The van der Waals surface area contributed by atoms with Crippen molar-refractivity contribution in [3.05, 3.63) is 30.1 Å². The van der Waals surface area contributed by atoms with Gasteiger partial charge in [-0.1, -0.05) is 19.3 Å². The van der Waals surface area contributed by atoms with Crippen molar-refractivity contribution >= 4 is 29.3 Å². The highest BCUT2D eigenvalue weighted by Gasteiger charge is 2.25. The van der Waals surface area contributed by atoms with Crippen LogP contribution in [0.5, 0.6) is 0 Å². The molecular weight excluding hydrogens is 401 g/mol. The first-order valence-corrected chi connectivity index (χ1v) is 12.2. The van der Waals surface area contributed by atoms with Crippen LogP contribution in [0.4, 0.5) is 10.1 Å². The maximum atomic E-state index is 13.0. The number of nitrogens with one attached hydrogen (secondary N) is 1. The van der Waals surface area contributed by atoms with E-state index >= 15 is 0 Å². The molecule has 3 rings (SSSR count). The molecule has 1 heterocycles. The van der Waals surface area contributed by atoms with Gasteiger partial charge in [0.15, 0.2) is 0 Å². The summed E-state index contributed by atoms with van der Waals surface area (Å²) in [7, 11) is 0. The summed E-state index contributed by atoms with van der Waals surface area (Å²) in [6, 6.07) is 5.68. The summed E-state index contributed by atoms with van der Waals surface area (Å²) in [5.41, 5.74) is 0.562. The molecule has 166 valence electrons. The van der Waals surface area contributed by atoms with E-state index in [1.54, 1.807) is 0 Å². The van der Waals surface area contributed by atoms with Gasteiger partial charge in [0.2, 0.25) is 11.8 Å². The number of carbonyl (C=O) groups excluding carboxylic acids is 2. The Bertz CT molecular complexity index is 694. The third-order valence-electron chi connectivity index (χ3n) is 6.08. The van der Waals surface area contributed by atoms with Gasteiger partial charge in [-0.15, -0.1) is 11.8 Å². The normalized spacial score (nSPS) is 19.9. The molecule has 0 bridgehead atoms. The van der Waals surface area contributed by atoms with Crippen LogP contribution >= 0.6 is 11.8 Å². The lowest BCUT2D eigenvalue weighted by Crippen LogP contribution is -2.40. The van der Waals surface area contributed by atoms with Gasteiger partial charge in [-0.25, -0.2) is 4.39 Å². The molecule has 0 aromatic heterocycles. The lowest BCUT2D eigenvalue weighted by Gasteiger charge is -2.29. The molecule has 1 aromatic rings. The van der Waals surface area contributed by atoms with E-state index in [4.69, 9.17) is 0 Å². The molecule has 1 atom stereocenters. The molecule has 7 heteroatoms. The molecule has 1 saturated heterocycles. The summed E-state index contributed by atoms with van der Waals surface area (Å²) in [5, 5.41) is 2.48. The number of anilines is 1. The van der Waals surface area contributed by atoms with Gasteiger partial charge < -0.3 is 15.1 Å². The highest BCUT2D eigenvalue weighted by atomic mass is 32.2. The van der Waals surface area contributed by atoms with Gasteiger partial charge in [0.1, 0.15) is 5.82 Å². The summed E-state index contributed by atoms with van der Waals surface area (Å²) >= 11 is 1.35. The van der Waals surface area contributed by atoms with Gasteiger partial charge in [0.05, 0.1) is 11.0 Å². The van der Waals surface area contributed by atoms with Crippen molar-refractivity contribution in [2.75, 3.05) is 43.8 Å². The van der Waals surface area contributed by atoms with E-state index in [2.05, 4.69) is 10.2 Å². The summed E-state index contributed by atoms with van der Waals surface area (Å²) in [4.78, 5) is 29.5. The lowest BCUT2D eigenvalue weighted by molar-refractivity contribution is -0.130. The van der Waals surface area contributed by atoms with Crippen LogP contribution in [0, 0.1) is 11.7 Å². The van der Waals surface area contributed by atoms with Crippen LogP contribution in [0.2, 0.25) is 0 Å². The molecule has 1 aromatic carbocycles. The van der Waals surface area contributed by atoms with Crippen LogP contribution in [0.3, 0.4) is 0 Å². The number of rotatable bonds is 7. The van der Waals surface area contributed by atoms with Gasteiger partial charge in [-0.2, -0.15) is 0 Å². The molecule has 1 aliphatic carbocycles. The number of hydrogen-bond donors (Lipinski definition) is 1. The maximum absolute atomic E-state index is 13.0. The first-order valence-electron chi connectivity index (χ1n) is 11.2. The quantitative estimate of drug-likeness (QED) is 0.703. The largest absolute Gasteiger partial charge is 0.340 e. The van der Waals surface area contributed by atoms with Crippen molar-refractivity contribution in [2.24, 2.45) is 5.92 Å². The minimum Gasteiger partial charge on any atom is -0.340 e. The van der Waals surface area contributed by atoms with Crippen LogP contribution in [0.15, 0.2) is 24.3 Å². The third-order valence-corrected chi connectivity index (χ3v) is 7.21. The molecule has 5 nitrogen and oxygen atoms in total. The molecule has 0 radical (unpaired) electrons. The van der Waals surface area contributed by atoms with Crippen molar-refractivity contribution in [1.29, 1.82) is 0 Å². The van der Waals surface area contributed by atoms with Gasteiger partial charge in [-0.05, 0) is 62.9 Å². The zero-order chi connectivity index (χ0) is 21.3. The second kappa shape index (κ2) is 11.7. The van der Waals surface area contributed by atoms with Gasteiger partial charge in [0.25, 0.3) is 0 Å². The third kappa shape index (κ3) is 7.27. The second-order valence-corrected chi connectivity index (χ2v) is 9.82. The van der Waals surface area contributed by atoms with Crippen LogP contribution in [0.1, 0.15) is 45.4 Å². The van der Waals surface area contributed by atoms with Crippen LogP contribution in [-0.4, -0.2) is 65.3 Å². The predicted octanol–water partition coefficient (Wildman–Crippen LogP) is 4.00. The number of nitrogens with zero attached hydrogens (tertiary/aromatic N) is 2. The number of thioether (sulfide) groups is 1. The van der Waals surface area contributed by atoms with Gasteiger partial charge in [-0.3, -0.25) is 9.59 Å². The Morgan fingerprint density at radius 1 is 1.07 bits per heavy atom. The standard InChI is InChI=1S/C23H34FN3O2S/c1-18(30-17-22(28)25-21-10-8-20(24)9-11-21)23(29)27-13-5-12-26(14-15-27)16-19-6-3-2-4-7-19/h8-11,18-19H,2-7,12-17H2,1H3,(H,25,28). The highest BCUT2D eigenvalue weighted by Crippen LogP contribution is 2.25. The second-order valence-electron chi connectivity index (χ2n) is 8.49. The smallest absolute Gasteiger partial charge is 0.235 e. The topological polar surface area (TPSA) is 52.7 Å². The highest BCUT2D eigenvalue weighted by molar-refractivity contribution is 8.01. The summed E-state index contributed by atoms with van der Waals surface area (Å²) in [6.07, 6.45) is 7.84. The molecule has 0 spiro atoms. The van der Waals surface area contributed by atoms with Crippen molar-refractivity contribution in [2.45, 2.75) is 50.7 Å². The lowest BCUT2D eigenvalue weighted by atomic mass is 9.89. The zero-order valence-electron chi connectivity index (χ0n) is 17.9. The molecule has 1 N–H and O–H groups in total. The Morgan fingerprint density at radius 2 is 1.80 bits per heavy atom. The van der Waals surface area contributed by atoms with Crippen molar-refractivity contribution in [3.8, 4) is 0 Å². The summed E-state index contributed by atoms with van der Waals surface area (Å²) in [6.45, 7) is 6.65. The SMILES string of the molecule is CC(SCC(=O)Nc1ccc(F)cc1)C(=O)N1CCCN(CC2CCCCC2)CC1. The van der Waals surface area contributed by atoms with E-state index in [1.807, 2.05) is 11.8 Å². The molecule has 1 saturated carbocycles. The summed E-state index contributed by atoms with van der Waals surface area (Å²) in [5.74, 6) is 0.632. The first kappa shape index (κ1) is 23.1. The number of benzene rings is 1. The van der Waals surface area contributed by atoms with Crippen LogP contribution in [-0.2, 0) is 9.59 Å². The van der Waals surface area contributed by atoms with E-state index in [-0.39, 0.29) is 28.6 Å². The average molecular weight is 436 g/mol. The predicted molar refractivity (Wildman–Crippen MR) is 121 cm³/mol. The fourth-order valence-corrected chi connectivity index (χ4v) is 5.13. The van der Waals surface area contributed by atoms with E-state index in [1.165, 1.54) is 74.7 Å². The fourth-order valence-electron chi connectivity index (χ4n) is 4.37. The Balaban J connectivity index is 1.39. The number of carbonyl (C=O) groups is 2. The molecule has 30 heavy (non-hydrogen) atoms. The Labute approximate surface area is 183 Å². The van der Waals surface area contributed by atoms with E-state index in [0.717, 1.165) is 38.5 Å². The van der Waals surface area contributed by atoms with E-state index in [9.17, 15) is 14.0 Å². The maximum Gasteiger partial charge on any atom is 0.235 e. The van der Waals surface area contributed by atoms with Crippen molar-refractivity contribution in [1.82, 2.24) is 9.80 Å². The molecular formula is C23H34FN3O2S. The molecule has 1 aliphatic heterocycles. The Morgan fingerprint density at radius 3 is 2.53 bits per heavy atom. The van der Waals surface area contributed by atoms with Gasteiger partial charge >= 0.3 is 0 Å². The molecule has 2 fully saturated rings. The van der Waals surface area contributed by atoms with E-state index in [0.29, 0.717) is 5.69 Å². The fraction of sp³-hybridized carbons (Fsp3) is 0.652. The Kier molecular flexibility index (Phi) is 9.00.